The fourth-order valence-corrected chi connectivity index (χ4v) is 2.42. The third kappa shape index (κ3) is 3.72. The molecule has 0 saturated heterocycles. The van der Waals surface area contributed by atoms with Crippen LogP contribution in [0.1, 0.15) is 16.7 Å². The van der Waals surface area contributed by atoms with E-state index in [4.69, 9.17) is 22.1 Å². The minimum Gasteiger partial charge on any atom is -0.487 e. The van der Waals surface area contributed by atoms with Gasteiger partial charge in [-0.3, -0.25) is 0 Å². The first kappa shape index (κ1) is 14.4. The Labute approximate surface area is 126 Å². The standard InChI is InChI=1S/C15H15BrClNO/c1-10-2-5-14(17)15(6-10)19-9-12-4-3-11(8-18)7-13(12)16/h2-7H,8-9,18H2,1H3. The quantitative estimate of drug-likeness (QED) is 0.892. The Bertz CT molecular complexity index is 586. The molecule has 0 spiro atoms. The van der Waals surface area contributed by atoms with Gasteiger partial charge >= 0.3 is 0 Å². The zero-order valence-electron chi connectivity index (χ0n) is 10.6. The molecule has 100 valence electrons. The summed E-state index contributed by atoms with van der Waals surface area (Å²) in [7, 11) is 0. The fourth-order valence-electron chi connectivity index (χ4n) is 1.71. The highest BCUT2D eigenvalue weighted by molar-refractivity contribution is 9.10. The molecule has 0 saturated carbocycles. The molecule has 2 aromatic carbocycles. The van der Waals surface area contributed by atoms with Crippen LogP contribution in [0.3, 0.4) is 0 Å². The normalized spacial score (nSPS) is 10.5. The molecule has 0 atom stereocenters. The summed E-state index contributed by atoms with van der Waals surface area (Å²) in [5.41, 5.74) is 8.87. The molecule has 2 rings (SSSR count). The van der Waals surface area contributed by atoms with E-state index in [0.717, 1.165) is 21.2 Å². The summed E-state index contributed by atoms with van der Waals surface area (Å²) in [5, 5.41) is 0.625. The van der Waals surface area contributed by atoms with Crippen molar-refractivity contribution in [3.63, 3.8) is 0 Å². The zero-order chi connectivity index (χ0) is 13.8. The van der Waals surface area contributed by atoms with Gasteiger partial charge in [-0.1, -0.05) is 45.7 Å². The van der Waals surface area contributed by atoms with E-state index in [1.807, 2.05) is 43.3 Å². The van der Waals surface area contributed by atoms with Crippen molar-refractivity contribution < 1.29 is 4.74 Å². The first-order chi connectivity index (χ1) is 9.10. The van der Waals surface area contributed by atoms with Crippen LogP contribution in [0.4, 0.5) is 0 Å². The maximum absolute atomic E-state index is 6.10. The topological polar surface area (TPSA) is 35.2 Å². The molecule has 2 nitrogen and oxygen atoms in total. The van der Waals surface area contributed by atoms with E-state index in [0.29, 0.717) is 23.9 Å². The molecule has 0 aliphatic rings. The zero-order valence-corrected chi connectivity index (χ0v) is 13.0. The van der Waals surface area contributed by atoms with Crippen molar-refractivity contribution in [3.05, 3.63) is 62.6 Å². The second kappa shape index (κ2) is 6.42. The van der Waals surface area contributed by atoms with Crippen LogP contribution in [0.5, 0.6) is 5.75 Å². The van der Waals surface area contributed by atoms with Gasteiger partial charge in [-0.25, -0.2) is 0 Å². The Balaban J connectivity index is 2.12. The van der Waals surface area contributed by atoms with Crippen molar-refractivity contribution >= 4 is 27.5 Å². The molecule has 0 aromatic heterocycles. The molecule has 0 aliphatic carbocycles. The number of hydrogen-bond acceptors (Lipinski definition) is 2. The summed E-state index contributed by atoms with van der Waals surface area (Å²) in [5.74, 6) is 0.705. The van der Waals surface area contributed by atoms with Crippen molar-refractivity contribution in [3.8, 4) is 5.75 Å². The van der Waals surface area contributed by atoms with E-state index < -0.39 is 0 Å². The van der Waals surface area contributed by atoms with Crippen molar-refractivity contribution in [2.75, 3.05) is 0 Å². The Morgan fingerprint density at radius 2 is 2.00 bits per heavy atom. The largest absolute Gasteiger partial charge is 0.487 e. The highest BCUT2D eigenvalue weighted by atomic mass is 79.9. The Kier molecular flexibility index (Phi) is 4.86. The summed E-state index contributed by atoms with van der Waals surface area (Å²) in [4.78, 5) is 0. The summed E-state index contributed by atoms with van der Waals surface area (Å²) in [6, 6.07) is 11.8. The van der Waals surface area contributed by atoms with Crippen LogP contribution in [-0.4, -0.2) is 0 Å². The van der Waals surface area contributed by atoms with E-state index in [1.165, 1.54) is 0 Å². The lowest BCUT2D eigenvalue weighted by Crippen LogP contribution is -2.00. The molecule has 19 heavy (non-hydrogen) atoms. The molecule has 0 fully saturated rings. The SMILES string of the molecule is Cc1ccc(Cl)c(OCc2ccc(CN)cc2Br)c1. The average molecular weight is 341 g/mol. The van der Waals surface area contributed by atoms with Crippen LogP contribution in [0.2, 0.25) is 5.02 Å². The average Bonchev–Trinajstić information content (AvgIpc) is 2.40. The Morgan fingerprint density at radius 1 is 1.21 bits per heavy atom. The lowest BCUT2D eigenvalue weighted by molar-refractivity contribution is 0.305. The number of rotatable bonds is 4. The molecule has 0 heterocycles. The van der Waals surface area contributed by atoms with E-state index in [2.05, 4.69) is 15.9 Å². The lowest BCUT2D eigenvalue weighted by atomic mass is 10.1. The number of aryl methyl sites for hydroxylation is 1. The number of hydrogen-bond donors (Lipinski definition) is 1. The predicted molar refractivity (Wildman–Crippen MR) is 82.6 cm³/mol. The van der Waals surface area contributed by atoms with Gasteiger partial charge in [0.25, 0.3) is 0 Å². The van der Waals surface area contributed by atoms with E-state index in [-0.39, 0.29) is 0 Å². The van der Waals surface area contributed by atoms with Crippen molar-refractivity contribution in [1.29, 1.82) is 0 Å². The minimum atomic E-state index is 0.467. The smallest absolute Gasteiger partial charge is 0.138 e. The highest BCUT2D eigenvalue weighted by Crippen LogP contribution is 2.27. The summed E-state index contributed by atoms with van der Waals surface area (Å²) in [6.45, 7) is 3.01. The highest BCUT2D eigenvalue weighted by Gasteiger charge is 2.05. The molecule has 0 amide bonds. The molecule has 2 N–H and O–H groups in total. The maximum Gasteiger partial charge on any atom is 0.138 e. The Hall–Kier alpha value is -1.03. The van der Waals surface area contributed by atoms with Crippen LogP contribution < -0.4 is 10.5 Å². The second-order valence-electron chi connectivity index (χ2n) is 4.35. The van der Waals surface area contributed by atoms with Gasteiger partial charge in [0, 0.05) is 16.6 Å². The van der Waals surface area contributed by atoms with Gasteiger partial charge in [0.15, 0.2) is 0 Å². The summed E-state index contributed by atoms with van der Waals surface area (Å²) >= 11 is 9.62. The van der Waals surface area contributed by atoms with E-state index in [9.17, 15) is 0 Å². The lowest BCUT2D eigenvalue weighted by Gasteiger charge is -2.11. The van der Waals surface area contributed by atoms with Gasteiger partial charge < -0.3 is 10.5 Å². The fraction of sp³-hybridized carbons (Fsp3) is 0.200. The molecule has 2 aromatic rings. The number of benzene rings is 2. The monoisotopic (exact) mass is 339 g/mol. The van der Waals surface area contributed by atoms with Crippen LogP contribution in [0.15, 0.2) is 40.9 Å². The van der Waals surface area contributed by atoms with Crippen LogP contribution in [-0.2, 0) is 13.2 Å². The van der Waals surface area contributed by atoms with Crippen LogP contribution in [0, 0.1) is 6.92 Å². The van der Waals surface area contributed by atoms with Crippen LogP contribution in [0.25, 0.3) is 0 Å². The third-order valence-electron chi connectivity index (χ3n) is 2.82. The number of halogens is 2. The van der Waals surface area contributed by atoms with Gasteiger partial charge in [-0.05, 0) is 36.2 Å². The minimum absolute atomic E-state index is 0.467. The summed E-state index contributed by atoms with van der Waals surface area (Å²) in [6.07, 6.45) is 0. The Morgan fingerprint density at radius 3 is 2.68 bits per heavy atom. The molecular weight excluding hydrogens is 326 g/mol. The molecule has 4 heteroatoms. The summed E-state index contributed by atoms with van der Waals surface area (Å²) < 4.78 is 6.76. The first-order valence-electron chi connectivity index (χ1n) is 5.96. The molecular formula is C15H15BrClNO. The van der Waals surface area contributed by atoms with Crippen molar-refractivity contribution in [2.24, 2.45) is 5.73 Å². The third-order valence-corrected chi connectivity index (χ3v) is 3.87. The second-order valence-corrected chi connectivity index (χ2v) is 5.61. The van der Waals surface area contributed by atoms with Gasteiger partial charge in [0.2, 0.25) is 0 Å². The maximum atomic E-state index is 6.10. The number of nitrogens with two attached hydrogens (primary N) is 1. The molecule has 0 aliphatic heterocycles. The number of ether oxygens (including phenoxy) is 1. The van der Waals surface area contributed by atoms with Gasteiger partial charge in [0.1, 0.15) is 12.4 Å². The van der Waals surface area contributed by atoms with Gasteiger partial charge in [0.05, 0.1) is 5.02 Å². The molecule has 0 unspecified atom stereocenters. The van der Waals surface area contributed by atoms with Crippen LogP contribution >= 0.6 is 27.5 Å². The molecule has 0 bridgehead atoms. The first-order valence-corrected chi connectivity index (χ1v) is 7.13. The van der Waals surface area contributed by atoms with Crippen molar-refractivity contribution in [2.45, 2.75) is 20.1 Å². The predicted octanol–water partition coefficient (Wildman–Crippen LogP) is 4.45. The van der Waals surface area contributed by atoms with Gasteiger partial charge in [-0.15, -0.1) is 0 Å². The van der Waals surface area contributed by atoms with E-state index >= 15 is 0 Å². The van der Waals surface area contributed by atoms with E-state index in [1.54, 1.807) is 0 Å². The van der Waals surface area contributed by atoms with Gasteiger partial charge in [-0.2, -0.15) is 0 Å². The molecule has 0 radical (unpaired) electrons. The van der Waals surface area contributed by atoms with Crippen molar-refractivity contribution in [1.82, 2.24) is 0 Å².